The number of hydrogen-bond donors (Lipinski definition) is 0. The monoisotopic (exact) mass is 194 g/mol. The maximum atomic E-state index is 13.2. The van der Waals surface area contributed by atoms with Crippen LogP contribution in [0.25, 0.3) is 0 Å². The van der Waals surface area contributed by atoms with Gasteiger partial charge in [0.1, 0.15) is 13.7 Å². The summed E-state index contributed by atoms with van der Waals surface area (Å²) in [5.41, 5.74) is 1.20. The van der Waals surface area contributed by atoms with Crippen molar-refractivity contribution in [3.63, 3.8) is 0 Å². The van der Waals surface area contributed by atoms with E-state index in [9.17, 15) is 9.18 Å². The lowest BCUT2D eigenvalue weighted by Crippen LogP contribution is -2.18. The van der Waals surface area contributed by atoms with Crippen LogP contribution in [0.4, 0.5) is 4.39 Å². The van der Waals surface area contributed by atoms with Gasteiger partial charge >= 0.3 is 5.97 Å². The molecular formula is C10H12BFO2. The Hall–Kier alpha value is -1.32. The minimum Gasteiger partial charge on any atom is -0.466 e. The summed E-state index contributed by atoms with van der Waals surface area (Å²) in [4.78, 5) is 11.1. The van der Waals surface area contributed by atoms with Gasteiger partial charge in [-0.05, 0) is 18.6 Å². The highest BCUT2D eigenvalue weighted by atomic mass is 19.1. The van der Waals surface area contributed by atoms with Gasteiger partial charge in [-0.2, -0.15) is 0 Å². The van der Waals surface area contributed by atoms with Gasteiger partial charge in [-0.15, -0.1) is 0 Å². The quantitative estimate of drug-likeness (QED) is 0.507. The second kappa shape index (κ2) is 4.79. The fourth-order valence-corrected chi connectivity index (χ4v) is 1.25. The molecule has 0 aromatic heterocycles. The first-order chi connectivity index (χ1) is 6.65. The van der Waals surface area contributed by atoms with Gasteiger partial charge < -0.3 is 4.74 Å². The molecule has 0 saturated heterocycles. The van der Waals surface area contributed by atoms with Gasteiger partial charge in [-0.3, -0.25) is 4.79 Å². The molecule has 0 aliphatic heterocycles. The highest BCUT2D eigenvalue weighted by molar-refractivity contribution is 6.33. The van der Waals surface area contributed by atoms with Crippen LogP contribution in [0.15, 0.2) is 18.2 Å². The SMILES string of the molecule is Bc1cccc(F)c1CC(=O)OCC. The predicted molar refractivity (Wildman–Crippen MR) is 54.9 cm³/mol. The third kappa shape index (κ3) is 2.59. The lowest BCUT2D eigenvalue weighted by atomic mass is 9.89. The van der Waals surface area contributed by atoms with Crippen LogP contribution < -0.4 is 5.46 Å². The summed E-state index contributed by atoms with van der Waals surface area (Å²) in [5.74, 6) is -0.737. The summed E-state index contributed by atoms with van der Waals surface area (Å²) >= 11 is 0. The zero-order valence-electron chi connectivity index (χ0n) is 8.34. The van der Waals surface area contributed by atoms with Crippen LogP contribution in [-0.4, -0.2) is 20.4 Å². The van der Waals surface area contributed by atoms with Gasteiger partial charge in [0.2, 0.25) is 0 Å². The van der Waals surface area contributed by atoms with Crippen molar-refractivity contribution in [1.29, 1.82) is 0 Å². The van der Waals surface area contributed by atoms with Gasteiger partial charge in [-0.25, -0.2) is 4.39 Å². The summed E-state index contributed by atoms with van der Waals surface area (Å²) in [5, 5.41) is 0. The molecule has 0 N–H and O–H groups in total. The van der Waals surface area contributed by atoms with Crippen LogP contribution in [-0.2, 0) is 16.0 Å². The summed E-state index contributed by atoms with van der Waals surface area (Å²) in [7, 11) is 1.78. The van der Waals surface area contributed by atoms with Crippen molar-refractivity contribution in [3.8, 4) is 0 Å². The Morgan fingerprint density at radius 3 is 2.86 bits per heavy atom. The molecule has 4 heteroatoms. The van der Waals surface area contributed by atoms with E-state index in [2.05, 4.69) is 0 Å². The molecule has 0 bridgehead atoms. The van der Waals surface area contributed by atoms with Crippen molar-refractivity contribution in [1.82, 2.24) is 0 Å². The number of benzene rings is 1. The minimum atomic E-state index is -0.388. The molecular weight excluding hydrogens is 182 g/mol. The Morgan fingerprint density at radius 2 is 2.29 bits per heavy atom. The minimum absolute atomic E-state index is 0.00630. The van der Waals surface area contributed by atoms with E-state index in [1.165, 1.54) is 6.07 Å². The third-order valence-corrected chi connectivity index (χ3v) is 1.98. The van der Waals surface area contributed by atoms with Crippen LogP contribution in [0, 0.1) is 5.82 Å². The number of halogens is 1. The van der Waals surface area contributed by atoms with Crippen molar-refractivity contribution in [2.24, 2.45) is 0 Å². The van der Waals surface area contributed by atoms with Crippen molar-refractivity contribution in [2.45, 2.75) is 13.3 Å². The average molecular weight is 194 g/mol. The molecule has 0 unspecified atom stereocenters. The second-order valence-electron chi connectivity index (χ2n) is 3.02. The van der Waals surface area contributed by atoms with E-state index >= 15 is 0 Å². The summed E-state index contributed by atoms with van der Waals surface area (Å²) in [6.45, 7) is 2.05. The number of carbonyl (C=O) groups is 1. The standard InChI is InChI=1S/C10H12BFO2/c1-2-14-10(13)6-7-8(11)4-3-5-9(7)12/h3-5H,2,6,11H2,1H3. The fraction of sp³-hybridized carbons (Fsp3) is 0.300. The molecule has 0 aliphatic carbocycles. The number of hydrogen-bond acceptors (Lipinski definition) is 2. The maximum absolute atomic E-state index is 13.2. The van der Waals surface area contributed by atoms with E-state index in [0.29, 0.717) is 12.2 Å². The smallest absolute Gasteiger partial charge is 0.310 e. The second-order valence-corrected chi connectivity index (χ2v) is 3.02. The maximum Gasteiger partial charge on any atom is 0.310 e. The number of rotatable bonds is 3. The first kappa shape index (κ1) is 10.8. The zero-order chi connectivity index (χ0) is 10.6. The Labute approximate surface area is 83.5 Å². The lowest BCUT2D eigenvalue weighted by Gasteiger charge is -2.06. The number of esters is 1. The van der Waals surface area contributed by atoms with Gasteiger partial charge in [0.15, 0.2) is 0 Å². The Kier molecular flexibility index (Phi) is 3.68. The van der Waals surface area contributed by atoms with Crippen LogP contribution in [0.1, 0.15) is 12.5 Å². The Balaban J connectivity index is 2.80. The molecule has 0 spiro atoms. The van der Waals surface area contributed by atoms with Gasteiger partial charge in [0, 0.05) is 0 Å². The molecule has 0 saturated carbocycles. The molecule has 14 heavy (non-hydrogen) atoms. The largest absolute Gasteiger partial charge is 0.466 e. The van der Waals surface area contributed by atoms with Gasteiger partial charge in [0.05, 0.1) is 13.0 Å². The average Bonchev–Trinajstić information content (AvgIpc) is 2.12. The van der Waals surface area contributed by atoms with E-state index in [4.69, 9.17) is 4.74 Å². The fourth-order valence-electron chi connectivity index (χ4n) is 1.25. The van der Waals surface area contributed by atoms with Crippen LogP contribution >= 0.6 is 0 Å². The van der Waals surface area contributed by atoms with Gasteiger partial charge in [-0.1, -0.05) is 17.6 Å². The first-order valence-corrected chi connectivity index (χ1v) is 4.54. The van der Waals surface area contributed by atoms with Crippen LogP contribution in [0.2, 0.25) is 0 Å². The summed E-state index contributed by atoms with van der Waals surface area (Å²) in [6, 6.07) is 4.75. The highest BCUT2D eigenvalue weighted by Crippen LogP contribution is 2.05. The molecule has 0 heterocycles. The molecule has 0 radical (unpaired) electrons. The first-order valence-electron chi connectivity index (χ1n) is 4.54. The Bertz CT molecular complexity index is 319. The summed E-state index contributed by atoms with van der Waals surface area (Å²) < 4.78 is 18.0. The molecule has 1 aromatic carbocycles. The predicted octanol–water partition coefficient (Wildman–Crippen LogP) is 0.190. The Morgan fingerprint density at radius 1 is 1.57 bits per heavy atom. The molecule has 74 valence electrons. The van der Waals surface area contributed by atoms with Crippen molar-refractivity contribution >= 4 is 19.3 Å². The normalized spacial score (nSPS) is 9.86. The number of ether oxygens (including phenoxy) is 1. The van der Waals surface area contributed by atoms with E-state index in [0.717, 1.165) is 5.46 Å². The molecule has 0 atom stereocenters. The van der Waals surface area contributed by atoms with E-state index < -0.39 is 0 Å². The van der Waals surface area contributed by atoms with Gasteiger partial charge in [0.25, 0.3) is 0 Å². The topological polar surface area (TPSA) is 26.3 Å². The zero-order valence-corrected chi connectivity index (χ0v) is 8.34. The molecule has 1 aromatic rings. The molecule has 0 fully saturated rings. The lowest BCUT2D eigenvalue weighted by molar-refractivity contribution is -0.142. The van der Waals surface area contributed by atoms with E-state index in [-0.39, 0.29) is 18.2 Å². The van der Waals surface area contributed by atoms with Crippen LogP contribution in [0.5, 0.6) is 0 Å². The third-order valence-electron chi connectivity index (χ3n) is 1.98. The number of carbonyl (C=O) groups excluding carboxylic acids is 1. The highest BCUT2D eigenvalue weighted by Gasteiger charge is 2.10. The molecule has 2 nitrogen and oxygen atoms in total. The molecule has 0 aliphatic rings. The van der Waals surface area contributed by atoms with Crippen LogP contribution in [0.3, 0.4) is 0 Å². The van der Waals surface area contributed by atoms with E-state index in [1.54, 1.807) is 26.9 Å². The van der Waals surface area contributed by atoms with Crippen molar-refractivity contribution in [2.75, 3.05) is 6.61 Å². The van der Waals surface area contributed by atoms with Crippen molar-refractivity contribution < 1.29 is 13.9 Å². The molecule has 0 amide bonds. The summed E-state index contributed by atoms with van der Waals surface area (Å²) in [6.07, 6.45) is 0.00630. The van der Waals surface area contributed by atoms with E-state index in [1.807, 2.05) is 0 Å². The molecule has 1 rings (SSSR count). The van der Waals surface area contributed by atoms with Crippen molar-refractivity contribution in [3.05, 3.63) is 29.6 Å².